The number of ether oxygens (including phenoxy) is 2. The van der Waals surface area contributed by atoms with Gasteiger partial charge in [-0.2, -0.15) is 41.3 Å². The van der Waals surface area contributed by atoms with Gasteiger partial charge in [-0.3, -0.25) is 4.79 Å². The number of carbonyl (C=O) groups excluding carboxylic acids is 1. The van der Waals surface area contributed by atoms with Crippen molar-refractivity contribution >= 4 is 23.6 Å². The standard InChI is InChI=1S/C16H15F6N5O3/c1-29-11(28)5-6-23-12-25-13(27-14(26-12)30-8-15(17,18)19)24-10-4-2-3-9(7-10)16(20,21)22/h2-4,7H,5-6,8H2,1H3,(H2,23,24,25,26,27). The minimum absolute atomic E-state index is 0.0294. The summed E-state index contributed by atoms with van der Waals surface area (Å²) >= 11 is 0. The maximum atomic E-state index is 12.8. The van der Waals surface area contributed by atoms with Gasteiger partial charge in [0, 0.05) is 12.2 Å². The Labute approximate surface area is 165 Å². The summed E-state index contributed by atoms with van der Waals surface area (Å²) in [6.07, 6.45) is -9.37. The van der Waals surface area contributed by atoms with E-state index in [1.807, 2.05) is 0 Å². The number of halogens is 6. The summed E-state index contributed by atoms with van der Waals surface area (Å²) in [5.41, 5.74) is -1.02. The summed E-state index contributed by atoms with van der Waals surface area (Å²) in [6, 6.07) is 3.29. The van der Waals surface area contributed by atoms with E-state index in [1.54, 1.807) is 0 Å². The average Bonchev–Trinajstić information content (AvgIpc) is 2.65. The first-order valence-electron chi connectivity index (χ1n) is 8.17. The van der Waals surface area contributed by atoms with Crippen LogP contribution in [0.5, 0.6) is 6.01 Å². The highest BCUT2D eigenvalue weighted by Gasteiger charge is 2.31. The minimum atomic E-state index is -4.67. The minimum Gasteiger partial charge on any atom is -0.469 e. The maximum Gasteiger partial charge on any atom is 0.422 e. The first kappa shape index (κ1) is 23.0. The largest absolute Gasteiger partial charge is 0.469 e. The van der Waals surface area contributed by atoms with Gasteiger partial charge in [0.1, 0.15) is 0 Å². The fourth-order valence-corrected chi connectivity index (χ4v) is 1.98. The monoisotopic (exact) mass is 439 g/mol. The van der Waals surface area contributed by atoms with Crippen molar-refractivity contribution in [1.29, 1.82) is 0 Å². The molecule has 2 rings (SSSR count). The van der Waals surface area contributed by atoms with Crippen molar-refractivity contribution in [2.45, 2.75) is 18.8 Å². The molecule has 2 N–H and O–H groups in total. The van der Waals surface area contributed by atoms with E-state index in [4.69, 9.17) is 0 Å². The molecule has 0 aliphatic rings. The van der Waals surface area contributed by atoms with E-state index in [-0.39, 0.29) is 30.5 Å². The smallest absolute Gasteiger partial charge is 0.422 e. The van der Waals surface area contributed by atoms with E-state index in [2.05, 4.69) is 35.1 Å². The number of carbonyl (C=O) groups is 1. The van der Waals surface area contributed by atoms with Crippen LogP contribution in [0.3, 0.4) is 0 Å². The first-order chi connectivity index (χ1) is 14.0. The van der Waals surface area contributed by atoms with Crippen molar-refractivity contribution in [2.75, 3.05) is 30.9 Å². The van der Waals surface area contributed by atoms with E-state index < -0.39 is 36.5 Å². The van der Waals surface area contributed by atoms with Gasteiger partial charge in [-0.1, -0.05) is 6.07 Å². The van der Waals surface area contributed by atoms with Crippen LogP contribution in [0.4, 0.5) is 43.9 Å². The summed E-state index contributed by atoms with van der Waals surface area (Å²) in [6.45, 7) is -1.72. The molecule has 0 aliphatic heterocycles. The van der Waals surface area contributed by atoms with Crippen molar-refractivity contribution in [3.05, 3.63) is 29.8 Å². The van der Waals surface area contributed by atoms with Crippen LogP contribution < -0.4 is 15.4 Å². The molecule has 164 valence electrons. The van der Waals surface area contributed by atoms with Crippen LogP contribution in [0.25, 0.3) is 0 Å². The molecule has 1 aromatic carbocycles. The summed E-state index contributed by atoms with van der Waals surface area (Å²) < 4.78 is 84.6. The Kier molecular flexibility index (Phi) is 7.24. The van der Waals surface area contributed by atoms with Gasteiger partial charge in [-0.05, 0) is 18.2 Å². The Morgan fingerprint density at radius 2 is 1.77 bits per heavy atom. The van der Waals surface area contributed by atoms with E-state index in [1.165, 1.54) is 13.2 Å². The highest BCUT2D eigenvalue weighted by molar-refractivity contribution is 5.69. The fraction of sp³-hybridized carbons (Fsp3) is 0.375. The Balaban J connectivity index is 2.23. The molecule has 0 amide bonds. The lowest BCUT2D eigenvalue weighted by Gasteiger charge is -2.13. The van der Waals surface area contributed by atoms with Gasteiger partial charge in [0.15, 0.2) is 6.61 Å². The molecule has 0 fully saturated rings. The predicted octanol–water partition coefficient (Wildman–Crippen LogP) is 3.55. The lowest BCUT2D eigenvalue weighted by molar-refractivity contribution is -0.154. The Bertz CT molecular complexity index is 875. The number of rotatable bonds is 8. The van der Waals surface area contributed by atoms with E-state index in [0.29, 0.717) is 0 Å². The molecule has 0 atom stereocenters. The number of hydrogen-bond donors (Lipinski definition) is 2. The molecule has 0 spiro atoms. The van der Waals surface area contributed by atoms with Gasteiger partial charge in [0.25, 0.3) is 0 Å². The SMILES string of the molecule is COC(=O)CCNc1nc(Nc2cccc(C(F)(F)F)c2)nc(OCC(F)(F)F)n1. The molecule has 0 radical (unpaired) electrons. The van der Waals surface area contributed by atoms with Crippen molar-refractivity contribution in [1.82, 2.24) is 15.0 Å². The van der Waals surface area contributed by atoms with Crippen LogP contribution in [-0.4, -0.2) is 47.4 Å². The zero-order valence-corrected chi connectivity index (χ0v) is 15.3. The third kappa shape index (κ3) is 7.60. The number of esters is 1. The quantitative estimate of drug-likeness (QED) is 0.476. The van der Waals surface area contributed by atoms with Gasteiger partial charge in [0.2, 0.25) is 11.9 Å². The number of aromatic nitrogens is 3. The lowest BCUT2D eigenvalue weighted by Crippen LogP contribution is -2.21. The second-order valence-corrected chi connectivity index (χ2v) is 5.63. The van der Waals surface area contributed by atoms with Crippen molar-refractivity contribution in [2.24, 2.45) is 0 Å². The van der Waals surface area contributed by atoms with Crippen LogP contribution >= 0.6 is 0 Å². The number of hydrogen-bond acceptors (Lipinski definition) is 8. The number of alkyl halides is 6. The van der Waals surface area contributed by atoms with Gasteiger partial charge < -0.3 is 20.1 Å². The van der Waals surface area contributed by atoms with E-state index in [0.717, 1.165) is 18.2 Å². The second kappa shape index (κ2) is 9.45. The number of benzene rings is 1. The number of nitrogens with zero attached hydrogens (tertiary/aromatic N) is 3. The topological polar surface area (TPSA) is 98.3 Å². The molecule has 8 nitrogen and oxygen atoms in total. The van der Waals surface area contributed by atoms with Crippen molar-refractivity contribution in [3.63, 3.8) is 0 Å². The molecule has 1 aromatic heterocycles. The molecule has 2 aromatic rings. The van der Waals surface area contributed by atoms with Gasteiger partial charge in [-0.25, -0.2) is 0 Å². The van der Waals surface area contributed by atoms with Gasteiger partial charge in [0.05, 0.1) is 19.1 Å². The molecule has 0 bridgehead atoms. The highest BCUT2D eigenvalue weighted by Crippen LogP contribution is 2.31. The first-order valence-corrected chi connectivity index (χ1v) is 8.17. The van der Waals surface area contributed by atoms with Crippen molar-refractivity contribution < 1.29 is 40.6 Å². The Morgan fingerprint density at radius 1 is 1.07 bits per heavy atom. The van der Waals surface area contributed by atoms with Crippen LogP contribution in [0.1, 0.15) is 12.0 Å². The zero-order chi connectivity index (χ0) is 22.4. The van der Waals surface area contributed by atoms with Crippen LogP contribution in [-0.2, 0) is 15.7 Å². The molecule has 14 heteroatoms. The van der Waals surface area contributed by atoms with E-state index >= 15 is 0 Å². The number of nitrogens with one attached hydrogen (secondary N) is 2. The zero-order valence-electron chi connectivity index (χ0n) is 15.3. The summed E-state index contributed by atoms with van der Waals surface area (Å²) in [5.74, 6) is -1.20. The maximum absolute atomic E-state index is 12.8. The third-order valence-electron chi connectivity index (χ3n) is 3.27. The normalized spacial score (nSPS) is 11.7. The third-order valence-corrected chi connectivity index (χ3v) is 3.27. The summed E-state index contributed by atoms with van der Waals surface area (Å²) in [7, 11) is 1.17. The lowest BCUT2D eigenvalue weighted by atomic mass is 10.2. The predicted molar refractivity (Wildman–Crippen MR) is 91.2 cm³/mol. The number of anilines is 3. The van der Waals surface area contributed by atoms with Crippen LogP contribution in [0.15, 0.2) is 24.3 Å². The van der Waals surface area contributed by atoms with E-state index in [9.17, 15) is 31.1 Å². The Hall–Kier alpha value is -3.32. The molecular weight excluding hydrogens is 424 g/mol. The molecule has 1 heterocycles. The molecule has 0 saturated carbocycles. The van der Waals surface area contributed by atoms with Crippen LogP contribution in [0, 0.1) is 0 Å². The molecular formula is C16H15F6N5O3. The summed E-state index contributed by atoms with van der Waals surface area (Å²) in [4.78, 5) is 22.2. The highest BCUT2D eigenvalue weighted by atomic mass is 19.4. The fourth-order valence-electron chi connectivity index (χ4n) is 1.98. The Morgan fingerprint density at radius 3 is 2.40 bits per heavy atom. The van der Waals surface area contributed by atoms with Crippen LogP contribution in [0.2, 0.25) is 0 Å². The molecule has 0 unspecified atom stereocenters. The second-order valence-electron chi connectivity index (χ2n) is 5.63. The molecule has 0 saturated heterocycles. The van der Waals surface area contributed by atoms with Gasteiger partial charge >= 0.3 is 24.3 Å². The number of methoxy groups -OCH3 is 1. The van der Waals surface area contributed by atoms with Gasteiger partial charge in [-0.15, -0.1) is 0 Å². The molecule has 0 aliphatic carbocycles. The molecule has 30 heavy (non-hydrogen) atoms. The average molecular weight is 439 g/mol. The van der Waals surface area contributed by atoms with Crippen molar-refractivity contribution in [3.8, 4) is 6.01 Å². The summed E-state index contributed by atoms with van der Waals surface area (Å²) in [5, 5.41) is 5.01.